The van der Waals surface area contributed by atoms with Gasteiger partial charge in [0.15, 0.2) is 0 Å². The minimum atomic E-state index is -4.61. The van der Waals surface area contributed by atoms with Crippen LogP contribution >= 0.6 is 0 Å². The van der Waals surface area contributed by atoms with Crippen molar-refractivity contribution < 1.29 is 53.0 Å². The summed E-state index contributed by atoms with van der Waals surface area (Å²) in [6.07, 6.45) is 0. The molecule has 0 aliphatic heterocycles. The van der Waals surface area contributed by atoms with E-state index >= 15 is 0 Å². The molecule has 0 amide bonds. The molecule has 8 heavy (non-hydrogen) atoms. The van der Waals surface area contributed by atoms with Crippen molar-refractivity contribution in [1.82, 2.24) is 0 Å². The van der Waals surface area contributed by atoms with Gasteiger partial charge in [0.05, 0.1) is 0 Å². The standard InChI is InChI=1S/Co.Fe.Mg.H4O4Si.2H/c;;;1-5(2,3)4;;/h;;;1-4H;;. The predicted octanol–water partition coefficient (Wildman–Crippen LogP) is -3.53. The Hall–Kier alpha value is 1.85. The Morgan fingerprint density at radius 1 is 0.875 bits per heavy atom. The van der Waals surface area contributed by atoms with E-state index in [1.165, 1.54) is 0 Å². The topological polar surface area (TPSA) is 80.9 Å². The van der Waals surface area contributed by atoms with Crippen LogP contribution in [-0.4, -0.2) is 51.3 Å². The second-order valence-electron chi connectivity index (χ2n) is 0.600. The number of hydrogen-bond acceptors (Lipinski definition) is 4. The smallest absolute Gasteiger partial charge is 0.368 e. The molecule has 0 saturated heterocycles. The third-order valence-corrected chi connectivity index (χ3v) is 0. The van der Waals surface area contributed by atoms with Crippen LogP contribution in [0.4, 0.5) is 0 Å². The summed E-state index contributed by atoms with van der Waals surface area (Å²) in [5.41, 5.74) is 0. The Balaban J connectivity index is -0.0000000267. The molecule has 0 heterocycles. The fraction of sp³-hybridized carbons (Fsp3) is 0. The molecule has 4 nitrogen and oxygen atoms in total. The molecule has 0 aromatic heterocycles. The van der Waals surface area contributed by atoms with Gasteiger partial charge in [-0.3, -0.25) is 0 Å². The largest absolute Gasteiger partial charge is 0.668 e. The van der Waals surface area contributed by atoms with Crippen LogP contribution in [0.3, 0.4) is 0 Å². The Labute approximate surface area is 84.6 Å². The number of rotatable bonds is 0. The summed E-state index contributed by atoms with van der Waals surface area (Å²) < 4.78 is 0. The van der Waals surface area contributed by atoms with Gasteiger partial charge in [0.1, 0.15) is 0 Å². The number of hydrogen-bond donors (Lipinski definition) is 4. The Morgan fingerprint density at radius 3 is 0.875 bits per heavy atom. The summed E-state index contributed by atoms with van der Waals surface area (Å²) in [7, 11) is -4.61. The minimum absolute atomic E-state index is 0. The Morgan fingerprint density at radius 2 is 0.875 bits per heavy atom. The van der Waals surface area contributed by atoms with Crippen molar-refractivity contribution in [2.45, 2.75) is 0 Å². The van der Waals surface area contributed by atoms with E-state index in [1.807, 2.05) is 0 Å². The van der Waals surface area contributed by atoms with Crippen LogP contribution in [-0.2, 0) is 33.8 Å². The fourth-order valence-electron chi connectivity index (χ4n) is 0. The van der Waals surface area contributed by atoms with Crippen LogP contribution in [0.1, 0.15) is 0 Å². The zero-order valence-corrected chi connectivity index (χ0v) is 6.12. The van der Waals surface area contributed by atoms with Crippen LogP contribution < -0.4 is 0 Å². The van der Waals surface area contributed by atoms with Crippen LogP contribution in [0.15, 0.2) is 0 Å². The SMILES string of the molecule is O[Si](O)(O)O.[Co].[Fe].[MgH2]. The summed E-state index contributed by atoms with van der Waals surface area (Å²) in [4.78, 5) is 29.3. The van der Waals surface area contributed by atoms with Crippen LogP contribution in [0.25, 0.3) is 0 Å². The van der Waals surface area contributed by atoms with Gasteiger partial charge in [-0.15, -0.1) is 0 Å². The average molecular weight is 237 g/mol. The first kappa shape index (κ1) is 22.5. The second kappa shape index (κ2) is 8.85. The minimum Gasteiger partial charge on any atom is -0.368 e. The van der Waals surface area contributed by atoms with Crippen molar-refractivity contribution in [3.05, 3.63) is 0 Å². The van der Waals surface area contributed by atoms with Crippen molar-refractivity contribution in [2.24, 2.45) is 0 Å². The molecule has 0 spiro atoms. The van der Waals surface area contributed by atoms with Crippen molar-refractivity contribution in [3.63, 3.8) is 0 Å². The molecule has 1 radical (unpaired) electrons. The maximum Gasteiger partial charge on any atom is 0.668 e. The van der Waals surface area contributed by atoms with Gasteiger partial charge in [0.25, 0.3) is 0 Å². The molecule has 0 unspecified atom stereocenters. The van der Waals surface area contributed by atoms with Crippen molar-refractivity contribution in [1.29, 1.82) is 0 Å². The molecule has 0 saturated carbocycles. The fourth-order valence-corrected chi connectivity index (χ4v) is 0. The van der Waals surface area contributed by atoms with E-state index in [4.69, 9.17) is 19.2 Å². The third-order valence-electron chi connectivity index (χ3n) is 0. The van der Waals surface area contributed by atoms with Gasteiger partial charge in [-0.25, -0.2) is 0 Å². The first-order chi connectivity index (χ1) is 2.00. The first-order valence-electron chi connectivity index (χ1n) is 0.894. The van der Waals surface area contributed by atoms with Gasteiger partial charge in [-0.05, 0) is 0 Å². The quantitative estimate of drug-likeness (QED) is 0.329. The first-order valence-corrected chi connectivity index (χ1v) is 2.68. The van der Waals surface area contributed by atoms with Crippen LogP contribution in [0, 0.1) is 0 Å². The van der Waals surface area contributed by atoms with E-state index in [-0.39, 0.29) is 56.9 Å². The Kier molecular flexibility index (Phi) is 24.9. The van der Waals surface area contributed by atoms with Crippen molar-refractivity contribution >= 4 is 32.1 Å². The van der Waals surface area contributed by atoms with Gasteiger partial charge >= 0.3 is 32.1 Å². The normalized spacial score (nSPS) is 7.50. The summed E-state index contributed by atoms with van der Waals surface area (Å²) in [6.45, 7) is 0. The monoisotopic (exact) mass is 237 g/mol. The van der Waals surface area contributed by atoms with E-state index < -0.39 is 9.05 Å². The van der Waals surface area contributed by atoms with Crippen molar-refractivity contribution in [2.75, 3.05) is 0 Å². The van der Waals surface area contributed by atoms with Gasteiger partial charge in [-0.2, -0.15) is 0 Å². The molecule has 4 N–H and O–H groups in total. The molecule has 53 valence electrons. The molecule has 8 heteroatoms. The van der Waals surface area contributed by atoms with Crippen molar-refractivity contribution in [3.8, 4) is 0 Å². The summed E-state index contributed by atoms with van der Waals surface area (Å²) in [5, 5.41) is 0. The molecule has 0 rings (SSSR count). The van der Waals surface area contributed by atoms with Crippen LogP contribution in [0.2, 0.25) is 0 Å². The van der Waals surface area contributed by atoms with E-state index in [1.54, 1.807) is 0 Å². The van der Waals surface area contributed by atoms with Gasteiger partial charge in [-0.1, -0.05) is 0 Å². The molecule has 0 aliphatic carbocycles. The average Bonchev–Trinajstić information content (AvgIpc) is 0.722. The second-order valence-corrected chi connectivity index (χ2v) is 1.80. The van der Waals surface area contributed by atoms with E-state index in [0.29, 0.717) is 0 Å². The predicted molar refractivity (Wildman–Crippen MR) is 23.2 cm³/mol. The molecule has 0 aliphatic rings. The summed E-state index contributed by atoms with van der Waals surface area (Å²) >= 11 is 0. The zero-order chi connectivity index (χ0) is 4.50. The van der Waals surface area contributed by atoms with Crippen LogP contribution in [0.5, 0.6) is 0 Å². The zero-order valence-electron chi connectivity index (χ0n) is 2.98. The Bertz CT molecular complexity index is 31.5. The van der Waals surface area contributed by atoms with Gasteiger partial charge < -0.3 is 19.2 Å². The molecular weight excluding hydrogens is 231 g/mol. The van der Waals surface area contributed by atoms with E-state index in [2.05, 4.69) is 0 Å². The summed E-state index contributed by atoms with van der Waals surface area (Å²) in [5.74, 6) is 0. The van der Waals surface area contributed by atoms with E-state index in [9.17, 15) is 0 Å². The van der Waals surface area contributed by atoms with Gasteiger partial charge in [0.2, 0.25) is 0 Å². The third kappa shape index (κ3) is 108. The molecule has 0 bridgehead atoms. The molecule has 0 aromatic carbocycles. The molecule has 0 atom stereocenters. The summed E-state index contributed by atoms with van der Waals surface area (Å²) in [6, 6.07) is 0. The van der Waals surface area contributed by atoms with Gasteiger partial charge in [0, 0.05) is 33.8 Å². The molecule has 0 fully saturated rings. The maximum atomic E-state index is 7.33. The maximum absolute atomic E-state index is 7.33. The molecule has 0 aromatic rings. The van der Waals surface area contributed by atoms with E-state index in [0.717, 1.165) is 0 Å². The molecular formula is H6CoFeMgO4Si.